The smallest absolute Gasteiger partial charge is 0.249 e. The van der Waals surface area contributed by atoms with Gasteiger partial charge in [-0.05, 0) is 12.5 Å². The van der Waals surface area contributed by atoms with E-state index in [4.69, 9.17) is 10.5 Å². The number of morpholine rings is 1. The average molecular weight is 234 g/mol. The normalized spacial score (nSPS) is 22.6. The van der Waals surface area contributed by atoms with Crippen molar-refractivity contribution < 1.29 is 9.53 Å². The molecule has 1 saturated heterocycles. The third-order valence-corrected chi connectivity index (χ3v) is 2.87. The summed E-state index contributed by atoms with van der Waals surface area (Å²) in [5.74, 6) is 0.0161. The maximum Gasteiger partial charge on any atom is 0.249 e. The fourth-order valence-electron chi connectivity index (χ4n) is 2.10. The van der Waals surface area contributed by atoms with Gasteiger partial charge in [0, 0.05) is 12.6 Å². The Morgan fingerprint density at radius 1 is 1.47 bits per heavy atom. The molecule has 1 aromatic carbocycles. The van der Waals surface area contributed by atoms with E-state index in [1.54, 1.807) is 0 Å². The minimum absolute atomic E-state index is 0.0107. The summed E-state index contributed by atoms with van der Waals surface area (Å²) in [5, 5.41) is 0. The number of carbonyl (C=O) groups is 1. The first-order valence-electron chi connectivity index (χ1n) is 5.86. The van der Waals surface area contributed by atoms with Gasteiger partial charge >= 0.3 is 0 Å². The Bertz CT molecular complexity index is 378. The molecule has 0 radical (unpaired) electrons. The van der Waals surface area contributed by atoms with Crippen molar-refractivity contribution in [2.75, 3.05) is 19.8 Å². The minimum Gasteiger partial charge on any atom is -0.369 e. The Morgan fingerprint density at radius 2 is 2.18 bits per heavy atom. The van der Waals surface area contributed by atoms with Crippen LogP contribution in [0.25, 0.3) is 0 Å². The number of nitrogens with zero attached hydrogens (tertiary/aromatic N) is 1. The minimum atomic E-state index is -0.0248. The molecule has 0 bridgehead atoms. The summed E-state index contributed by atoms with van der Waals surface area (Å²) in [5.41, 5.74) is 6.89. The number of hydrogen-bond donors (Lipinski definition) is 1. The number of rotatable bonds is 3. The topological polar surface area (TPSA) is 55.6 Å². The van der Waals surface area contributed by atoms with Crippen LogP contribution in [0.3, 0.4) is 0 Å². The highest BCUT2D eigenvalue weighted by Gasteiger charge is 2.30. The average Bonchev–Trinajstić information content (AvgIpc) is 2.32. The Kier molecular flexibility index (Phi) is 3.76. The lowest BCUT2D eigenvalue weighted by Crippen LogP contribution is -2.48. The summed E-state index contributed by atoms with van der Waals surface area (Å²) in [7, 11) is 0. The second-order valence-electron chi connectivity index (χ2n) is 4.46. The number of hydrogen-bond acceptors (Lipinski definition) is 3. The van der Waals surface area contributed by atoms with Crippen LogP contribution in [0.5, 0.6) is 0 Å². The zero-order valence-electron chi connectivity index (χ0n) is 10.0. The van der Waals surface area contributed by atoms with Crippen molar-refractivity contribution in [2.24, 2.45) is 5.73 Å². The van der Waals surface area contributed by atoms with Gasteiger partial charge in [0.2, 0.25) is 5.91 Å². The molecule has 0 saturated carbocycles. The molecule has 2 unspecified atom stereocenters. The van der Waals surface area contributed by atoms with Crippen molar-refractivity contribution in [1.29, 1.82) is 0 Å². The number of ether oxygens (including phenoxy) is 1. The summed E-state index contributed by atoms with van der Waals surface area (Å²) < 4.78 is 5.33. The molecular weight excluding hydrogens is 216 g/mol. The molecule has 1 heterocycles. The summed E-state index contributed by atoms with van der Waals surface area (Å²) >= 11 is 0. The third kappa shape index (κ3) is 2.84. The van der Waals surface area contributed by atoms with Gasteiger partial charge in [-0.3, -0.25) is 4.79 Å². The molecular formula is C13H18N2O2. The van der Waals surface area contributed by atoms with Crippen LogP contribution in [0.15, 0.2) is 30.3 Å². The van der Waals surface area contributed by atoms with E-state index in [2.05, 4.69) is 0 Å². The van der Waals surface area contributed by atoms with Crippen molar-refractivity contribution >= 4 is 5.91 Å². The van der Waals surface area contributed by atoms with E-state index in [1.165, 1.54) is 0 Å². The molecule has 0 aliphatic carbocycles. The largest absolute Gasteiger partial charge is 0.369 e. The lowest BCUT2D eigenvalue weighted by molar-refractivity contribution is -0.148. The molecule has 2 N–H and O–H groups in total. The Hall–Kier alpha value is -1.39. The summed E-state index contributed by atoms with van der Waals surface area (Å²) in [6, 6.07) is 9.90. The van der Waals surface area contributed by atoms with Gasteiger partial charge < -0.3 is 15.4 Å². The highest BCUT2D eigenvalue weighted by atomic mass is 16.5. The maximum absolute atomic E-state index is 11.9. The number of carbonyl (C=O) groups excluding carboxylic acids is 1. The quantitative estimate of drug-likeness (QED) is 0.846. The maximum atomic E-state index is 11.9. The lowest BCUT2D eigenvalue weighted by atomic mass is 10.0. The van der Waals surface area contributed by atoms with Crippen molar-refractivity contribution in [3.05, 3.63) is 35.9 Å². The summed E-state index contributed by atoms with van der Waals surface area (Å²) in [6.07, 6.45) is 0. The van der Waals surface area contributed by atoms with E-state index in [1.807, 2.05) is 42.2 Å². The van der Waals surface area contributed by atoms with Crippen LogP contribution in [0, 0.1) is 0 Å². The molecule has 0 aromatic heterocycles. The van der Waals surface area contributed by atoms with Crippen LogP contribution in [-0.4, -0.2) is 36.6 Å². The van der Waals surface area contributed by atoms with Crippen molar-refractivity contribution in [3.63, 3.8) is 0 Å². The molecule has 4 heteroatoms. The van der Waals surface area contributed by atoms with Gasteiger partial charge in [-0.2, -0.15) is 0 Å². The van der Waals surface area contributed by atoms with Gasteiger partial charge in [0.05, 0.1) is 12.6 Å². The third-order valence-electron chi connectivity index (χ3n) is 2.87. The first kappa shape index (κ1) is 12.1. The fourth-order valence-corrected chi connectivity index (χ4v) is 2.10. The van der Waals surface area contributed by atoms with Gasteiger partial charge in [-0.15, -0.1) is 0 Å². The first-order chi connectivity index (χ1) is 8.18. The molecule has 2 atom stereocenters. The molecule has 1 aliphatic rings. The van der Waals surface area contributed by atoms with Gasteiger partial charge in [-0.25, -0.2) is 0 Å². The molecule has 1 fully saturated rings. The van der Waals surface area contributed by atoms with Gasteiger partial charge in [-0.1, -0.05) is 30.3 Å². The van der Waals surface area contributed by atoms with E-state index in [0.717, 1.165) is 5.56 Å². The van der Waals surface area contributed by atoms with Crippen LogP contribution in [0.2, 0.25) is 0 Å². The second-order valence-corrected chi connectivity index (χ2v) is 4.46. The van der Waals surface area contributed by atoms with Crippen LogP contribution in [0.1, 0.15) is 18.5 Å². The standard InChI is InChI=1S/C13H18N2O2/c1-10(14)7-15-12(8-17-9-13(15)16)11-5-3-2-4-6-11/h2-6,10,12H,7-9,14H2,1H3. The van der Waals surface area contributed by atoms with Gasteiger partial charge in [0.1, 0.15) is 6.61 Å². The van der Waals surface area contributed by atoms with E-state index >= 15 is 0 Å². The zero-order chi connectivity index (χ0) is 12.3. The number of amides is 1. The molecule has 17 heavy (non-hydrogen) atoms. The molecule has 1 aliphatic heterocycles. The van der Waals surface area contributed by atoms with Gasteiger partial charge in [0.15, 0.2) is 0 Å². The van der Waals surface area contributed by atoms with Crippen LogP contribution >= 0.6 is 0 Å². The Balaban J connectivity index is 2.20. The van der Waals surface area contributed by atoms with E-state index in [-0.39, 0.29) is 24.6 Å². The Morgan fingerprint density at radius 3 is 2.82 bits per heavy atom. The van der Waals surface area contributed by atoms with E-state index in [9.17, 15) is 4.79 Å². The van der Waals surface area contributed by atoms with Crippen molar-refractivity contribution in [2.45, 2.75) is 19.0 Å². The molecule has 2 rings (SSSR count). The fraction of sp³-hybridized carbons (Fsp3) is 0.462. The van der Waals surface area contributed by atoms with Crippen molar-refractivity contribution in [3.8, 4) is 0 Å². The second kappa shape index (κ2) is 5.29. The lowest BCUT2D eigenvalue weighted by Gasteiger charge is -2.36. The van der Waals surface area contributed by atoms with E-state index in [0.29, 0.717) is 13.2 Å². The summed E-state index contributed by atoms with van der Waals surface area (Å²) in [6.45, 7) is 3.19. The molecule has 92 valence electrons. The van der Waals surface area contributed by atoms with Crippen LogP contribution < -0.4 is 5.73 Å². The highest BCUT2D eigenvalue weighted by Crippen LogP contribution is 2.24. The molecule has 1 aromatic rings. The number of nitrogens with two attached hydrogens (primary N) is 1. The van der Waals surface area contributed by atoms with E-state index < -0.39 is 0 Å². The van der Waals surface area contributed by atoms with Crippen molar-refractivity contribution in [1.82, 2.24) is 4.90 Å². The van der Waals surface area contributed by atoms with Crippen LogP contribution in [0.4, 0.5) is 0 Å². The first-order valence-corrected chi connectivity index (χ1v) is 5.86. The predicted octanol–water partition coefficient (Wildman–Crippen LogP) is 0.934. The molecule has 4 nitrogen and oxygen atoms in total. The molecule has 0 spiro atoms. The van der Waals surface area contributed by atoms with Gasteiger partial charge in [0.25, 0.3) is 0 Å². The Labute approximate surface area is 101 Å². The highest BCUT2D eigenvalue weighted by molar-refractivity contribution is 5.78. The monoisotopic (exact) mass is 234 g/mol. The summed E-state index contributed by atoms with van der Waals surface area (Å²) in [4.78, 5) is 13.7. The SMILES string of the molecule is CC(N)CN1C(=O)COCC1c1ccccc1. The predicted molar refractivity (Wildman–Crippen MR) is 65.4 cm³/mol. The number of benzene rings is 1. The molecule has 1 amide bonds. The zero-order valence-corrected chi connectivity index (χ0v) is 10.0. The van der Waals surface area contributed by atoms with Crippen LogP contribution in [-0.2, 0) is 9.53 Å².